The van der Waals surface area contributed by atoms with Crippen LogP contribution in [0.2, 0.25) is 0 Å². The van der Waals surface area contributed by atoms with E-state index in [1.807, 2.05) is 6.92 Å². The first-order chi connectivity index (χ1) is 8.86. The van der Waals surface area contributed by atoms with Gasteiger partial charge < -0.3 is 4.74 Å². The topological polar surface area (TPSA) is 26.3 Å². The molecule has 1 aromatic rings. The van der Waals surface area contributed by atoms with E-state index in [9.17, 15) is 4.79 Å². The number of rotatable bonds is 5. The van der Waals surface area contributed by atoms with Crippen molar-refractivity contribution in [1.29, 1.82) is 0 Å². The van der Waals surface area contributed by atoms with Gasteiger partial charge in [0.15, 0.2) is 0 Å². The molecule has 1 aliphatic carbocycles. The van der Waals surface area contributed by atoms with Crippen LogP contribution in [0.1, 0.15) is 32.3 Å². The molecule has 0 aromatic heterocycles. The van der Waals surface area contributed by atoms with Gasteiger partial charge in [0.25, 0.3) is 0 Å². The third-order valence-electron chi connectivity index (χ3n) is 3.44. The molecule has 0 N–H and O–H groups in total. The molecule has 2 rings (SSSR count). The monoisotopic (exact) mass is 482 g/mol. The van der Waals surface area contributed by atoms with Crippen molar-refractivity contribution in [1.82, 2.24) is 0 Å². The molecule has 0 amide bonds. The van der Waals surface area contributed by atoms with Crippen molar-refractivity contribution in [3.63, 3.8) is 0 Å². The molecule has 0 saturated heterocycles. The molecule has 0 heterocycles. The summed E-state index contributed by atoms with van der Waals surface area (Å²) in [6.45, 7) is 8.02. The van der Waals surface area contributed by atoms with Crippen molar-refractivity contribution in [2.24, 2.45) is 0 Å². The van der Waals surface area contributed by atoms with Gasteiger partial charge in [0.2, 0.25) is 0 Å². The molecule has 1 fully saturated rings. The Hall–Kier alpha value is -0.110. The fraction of sp³-hybridized carbons (Fsp3) is 0.400. The van der Waals surface area contributed by atoms with Crippen LogP contribution >= 0.6 is 45.2 Å². The third kappa shape index (κ3) is 3.15. The van der Waals surface area contributed by atoms with E-state index in [-0.39, 0.29) is 11.2 Å². The highest BCUT2D eigenvalue weighted by molar-refractivity contribution is 14.1. The summed E-state index contributed by atoms with van der Waals surface area (Å²) < 4.78 is 7.90. The molecular weight excluding hydrogens is 466 g/mol. The van der Waals surface area contributed by atoms with Gasteiger partial charge in [-0.25, -0.2) is 0 Å². The highest BCUT2D eigenvalue weighted by Gasteiger charge is 2.49. The van der Waals surface area contributed by atoms with Gasteiger partial charge in [-0.1, -0.05) is 6.58 Å². The summed E-state index contributed by atoms with van der Waals surface area (Å²) in [4.78, 5) is 11.8. The van der Waals surface area contributed by atoms with Gasteiger partial charge in [-0.05, 0) is 95.1 Å². The number of ketones is 1. The van der Waals surface area contributed by atoms with Gasteiger partial charge in [0.05, 0.1) is 12.6 Å². The van der Waals surface area contributed by atoms with Crippen molar-refractivity contribution in [2.45, 2.75) is 32.1 Å². The maximum absolute atomic E-state index is 11.8. The summed E-state index contributed by atoms with van der Waals surface area (Å²) in [6.07, 6.45) is 1.95. The first-order valence-electron chi connectivity index (χ1n) is 6.14. The molecule has 0 atom stereocenters. The lowest BCUT2D eigenvalue weighted by Crippen LogP contribution is -2.17. The average molecular weight is 482 g/mol. The van der Waals surface area contributed by atoms with E-state index < -0.39 is 0 Å². The highest BCUT2D eigenvalue weighted by Crippen LogP contribution is 2.50. The zero-order valence-corrected chi connectivity index (χ0v) is 15.4. The van der Waals surface area contributed by atoms with Crippen LogP contribution in [-0.4, -0.2) is 12.4 Å². The second kappa shape index (κ2) is 5.71. The Morgan fingerprint density at radius 1 is 1.32 bits per heavy atom. The van der Waals surface area contributed by atoms with Gasteiger partial charge in [-0.15, -0.1) is 0 Å². The molecule has 0 unspecified atom stereocenters. The van der Waals surface area contributed by atoms with Crippen molar-refractivity contribution in [3.8, 4) is 5.75 Å². The third-order valence-corrected chi connectivity index (χ3v) is 5.04. The number of benzene rings is 1. The van der Waals surface area contributed by atoms with E-state index in [4.69, 9.17) is 4.74 Å². The Labute approximate surface area is 141 Å². The molecular formula is C15H16I2O2. The number of hydrogen-bond donors (Lipinski definition) is 0. The lowest BCUT2D eigenvalue weighted by atomic mass is 9.92. The maximum Gasteiger partial charge on any atom is 0.146 e. The standard InChI is InChI=1S/C15H16I2O2/c1-9(2)8-19-14-12(16)6-11(7-13(14)17)15(4-5-15)10(3)18/h6-7H,1,4-5,8H2,2-3H3. The first kappa shape index (κ1) is 15.3. The molecule has 0 aliphatic heterocycles. The predicted octanol–water partition coefficient (Wildman–Crippen LogP) is 4.47. The van der Waals surface area contributed by atoms with Crippen LogP contribution in [0.4, 0.5) is 0 Å². The van der Waals surface area contributed by atoms with E-state index in [2.05, 4.69) is 63.9 Å². The summed E-state index contributed by atoms with van der Waals surface area (Å²) in [5, 5.41) is 0. The molecule has 0 radical (unpaired) electrons. The number of carbonyl (C=O) groups is 1. The van der Waals surface area contributed by atoms with Crippen LogP contribution in [0, 0.1) is 7.14 Å². The summed E-state index contributed by atoms with van der Waals surface area (Å²) in [7, 11) is 0. The minimum Gasteiger partial charge on any atom is -0.487 e. The molecule has 1 aromatic carbocycles. The van der Waals surface area contributed by atoms with Gasteiger partial charge in [-0.3, -0.25) is 4.79 Å². The fourth-order valence-electron chi connectivity index (χ4n) is 2.14. The van der Waals surface area contributed by atoms with Crippen LogP contribution in [0.5, 0.6) is 5.75 Å². The summed E-state index contributed by atoms with van der Waals surface area (Å²) >= 11 is 4.56. The molecule has 1 saturated carbocycles. The van der Waals surface area contributed by atoms with Gasteiger partial charge in [-0.2, -0.15) is 0 Å². The summed E-state index contributed by atoms with van der Waals surface area (Å²) in [5.41, 5.74) is 1.92. The Kier molecular flexibility index (Phi) is 4.59. The first-order valence-corrected chi connectivity index (χ1v) is 8.30. The largest absolute Gasteiger partial charge is 0.487 e. The number of carbonyl (C=O) groups excluding carboxylic acids is 1. The Morgan fingerprint density at radius 2 is 1.84 bits per heavy atom. The molecule has 19 heavy (non-hydrogen) atoms. The Morgan fingerprint density at radius 3 is 2.21 bits per heavy atom. The van der Waals surface area contributed by atoms with Crippen LogP contribution in [0.15, 0.2) is 24.3 Å². The second-order valence-electron chi connectivity index (χ2n) is 5.15. The smallest absolute Gasteiger partial charge is 0.146 e. The molecule has 4 heteroatoms. The minimum atomic E-state index is -0.216. The van der Waals surface area contributed by atoms with Crippen molar-refractivity contribution in [2.75, 3.05) is 6.61 Å². The predicted molar refractivity (Wildman–Crippen MR) is 93.8 cm³/mol. The van der Waals surface area contributed by atoms with E-state index >= 15 is 0 Å². The van der Waals surface area contributed by atoms with Crippen molar-refractivity contribution < 1.29 is 9.53 Å². The second-order valence-corrected chi connectivity index (χ2v) is 7.48. The summed E-state index contributed by atoms with van der Waals surface area (Å²) in [6, 6.07) is 4.18. The molecule has 0 spiro atoms. The quantitative estimate of drug-likeness (QED) is 0.458. The van der Waals surface area contributed by atoms with E-state index in [1.165, 1.54) is 0 Å². The van der Waals surface area contributed by atoms with Crippen molar-refractivity contribution in [3.05, 3.63) is 37.0 Å². The van der Waals surface area contributed by atoms with Crippen LogP contribution in [-0.2, 0) is 10.2 Å². The lowest BCUT2D eigenvalue weighted by molar-refractivity contribution is -0.119. The number of Topliss-reactive ketones (excluding diaryl/α,β-unsaturated/α-hetero) is 1. The lowest BCUT2D eigenvalue weighted by Gasteiger charge is -2.16. The Bertz CT molecular complexity index is 522. The highest BCUT2D eigenvalue weighted by atomic mass is 127. The zero-order chi connectivity index (χ0) is 14.2. The zero-order valence-electron chi connectivity index (χ0n) is 11.1. The molecule has 1 aliphatic rings. The van der Waals surface area contributed by atoms with E-state index in [1.54, 1.807) is 6.92 Å². The summed E-state index contributed by atoms with van der Waals surface area (Å²) in [5.74, 6) is 1.17. The number of hydrogen-bond acceptors (Lipinski definition) is 2. The van der Waals surface area contributed by atoms with Gasteiger partial charge in [0.1, 0.15) is 18.1 Å². The van der Waals surface area contributed by atoms with Crippen LogP contribution < -0.4 is 4.74 Å². The number of halogens is 2. The van der Waals surface area contributed by atoms with E-state index in [0.717, 1.165) is 36.9 Å². The minimum absolute atomic E-state index is 0.216. The average Bonchev–Trinajstić information content (AvgIpc) is 3.08. The van der Waals surface area contributed by atoms with Gasteiger partial charge >= 0.3 is 0 Å². The maximum atomic E-state index is 11.8. The molecule has 0 bridgehead atoms. The van der Waals surface area contributed by atoms with Crippen molar-refractivity contribution >= 4 is 51.0 Å². The van der Waals surface area contributed by atoms with Gasteiger partial charge in [0, 0.05) is 0 Å². The fourth-order valence-corrected chi connectivity index (χ4v) is 4.22. The van der Waals surface area contributed by atoms with Crippen LogP contribution in [0.3, 0.4) is 0 Å². The Balaban J connectivity index is 2.32. The molecule has 102 valence electrons. The SMILES string of the molecule is C=C(C)COc1c(I)cc(C2(C(C)=O)CC2)cc1I. The normalized spacial score (nSPS) is 16.0. The van der Waals surface area contributed by atoms with Crippen LogP contribution in [0.25, 0.3) is 0 Å². The van der Waals surface area contributed by atoms with E-state index in [0.29, 0.717) is 6.61 Å². The molecule has 2 nitrogen and oxygen atoms in total. The number of ether oxygens (including phenoxy) is 1.